The number of fused-ring (bicyclic) bond motifs is 3. The molecule has 0 spiro atoms. The third kappa shape index (κ3) is 1.21. The van der Waals surface area contributed by atoms with Gasteiger partial charge in [0, 0.05) is 17.4 Å². The normalized spacial score (nSPS) is 26.9. The molecule has 1 heterocycles. The fourth-order valence-electron chi connectivity index (χ4n) is 2.78. The SMILES string of the molecule is Cc1ccc2c(c1)CC1(C)CC(=O)NN=C21. The Hall–Kier alpha value is -1.64. The van der Waals surface area contributed by atoms with Gasteiger partial charge in [0.05, 0.1) is 5.71 Å². The molecule has 0 saturated carbocycles. The minimum Gasteiger partial charge on any atom is -0.273 e. The topological polar surface area (TPSA) is 41.5 Å². The van der Waals surface area contributed by atoms with Crippen molar-refractivity contribution in [2.75, 3.05) is 0 Å². The molecule has 1 N–H and O–H groups in total. The molecule has 3 rings (SSSR count). The van der Waals surface area contributed by atoms with E-state index in [4.69, 9.17) is 0 Å². The van der Waals surface area contributed by atoms with Crippen LogP contribution in [0.2, 0.25) is 0 Å². The summed E-state index contributed by atoms with van der Waals surface area (Å²) in [5.41, 5.74) is 7.31. The maximum absolute atomic E-state index is 11.4. The monoisotopic (exact) mass is 214 g/mol. The number of benzene rings is 1. The number of hydrazone groups is 1. The van der Waals surface area contributed by atoms with Crippen LogP contribution in [0.5, 0.6) is 0 Å². The molecule has 0 saturated heterocycles. The molecule has 3 heteroatoms. The van der Waals surface area contributed by atoms with E-state index in [-0.39, 0.29) is 11.3 Å². The van der Waals surface area contributed by atoms with Gasteiger partial charge >= 0.3 is 0 Å². The van der Waals surface area contributed by atoms with Gasteiger partial charge in [0.2, 0.25) is 5.91 Å². The molecule has 1 aliphatic heterocycles. The molecule has 2 aliphatic rings. The van der Waals surface area contributed by atoms with E-state index in [2.05, 4.69) is 42.6 Å². The number of amides is 1. The summed E-state index contributed by atoms with van der Waals surface area (Å²) < 4.78 is 0. The van der Waals surface area contributed by atoms with E-state index in [9.17, 15) is 4.79 Å². The Morgan fingerprint density at radius 1 is 1.38 bits per heavy atom. The van der Waals surface area contributed by atoms with Crippen LogP contribution in [0.1, 0.15) is 30.0 Å². The van der Waals surface area contributed by atoms with Gasteiger partial charge in [-0.25, -0.2) is 5.43 Å². The van der Waals surface area contributed by atoms with Crippen LogP contribution >= 0.6 is 0 Å². The first kappa shape index (κ1) is 9.58. The van der Waals surface area contributed by atoms with Crippen LogP contribution < -0.4 is 5.43 Å². The predicted molar refractivity (Wildman–Crippen MR) is 62.3 cm³/mol. The highest BCUT2D eigenvalue weighted by atomic mass is 16.2. The fraction of sp³-hybridized carbons (Fsp3) is 0.385. The first-order valence-electron chi connectivity index (χ1n) is 5.55. The van der Waals surface area contributed by atoms with Crippen LogP contribution in [0.3, 0.4) is 0 Å². The Labute approximate surface area is 94.6 Å². The summed E-state index contributed by atoms with van der Waals surface area (Å²) in [5, 5.41) is 4.23. The molecule has 0 radical (unpaired) electrons. The summed E-state index contributed by atoms with van der Waals surface area (Å²) in [6.45, 7) is 4.22. The van der Waals surface area contributed by atoms with Gasteiger partial charge in [-0.1, -0.05) is 30.7 Å². The molecule has 1 aliphatic carbocycles. The highest BCUT2D eigenvalue weighted by Crippen LogP contribution is 2.41. The fourth-order valence-corrected chi connectivity index (χ4v) is 2.78. The molecule has 1 aromatic carbocycles. The second kappa shape index (κ2) is 2.94. The summed E-state index contributed by atoms with van der Waals surface area (Å²) >= 11 is 0. The zero-order valence-electron chi connectivity index (χ0n) is 9.50. The summed E-state index contributed by atoms with van der Waals surface area (Å²) in [6.07, 6.45) is 1.47. The Balaban J connectivity index is 2.16. The molecule has 16 heavy (non-hydrogen) atoms. The van der Waals surface area contributed by atoms with Crippen molar-refractivity contribution in [1.82, 2.24) is 5.43 Å². The lowest BCUT2D eigenvalue weighted by Gasteiger charge is -2.27. The Morgan fingerprint density at radius 2 is 2.19 bits per heavy atom. The molecule has 82 valence electrons. The van der Waals surface area contributed by atoms with E-state index >= 15 is 0 Å². The molecule has 0 aromatic heterocycles. The van der Waals surface area contributed by atoms with Gasteiger partial charge in [-0.2, -0.15) is 5.10 Å². The number of carbonyl (C=O) groups excluding carboxylic acids is 1. The van der Waals surface area contributed by atoms with Crippen molar-refractivity contribution >= 4 is 11.6 Å². The zero-order chi connectivity index (χ0) is 11.3. The zero-order valence-corrected chi connectivity index (χ0v) is 9.50. The Bertz CT molecular complexity index is 519. The van der Waals surface area contributed by atoms with Crippen molar-refractivity contribution in [3.05, 3.63) is 34.9 Å². The number of carbonyl (C=O) groups is 1. The minimum atomic E-state index is -0.0988. The largest absolute Gasteiger partial charge is 0.273 e. The van der Waals surface area contributed by atoms with Crippen molar-refractivity contribution < 1.29 is 4.79 Å². The van der Waals surface area contributed by atoms with Crippen LogP contribution in [0.15, 0.2) is 23.3 Å². The van der Waals surface area contributed by atoms with Gasteiger partial charge < -0.3 is 0 Å². The third-order valence-corrected chi connectivity index (χ3v) is 3.51. The smallest absolute Gasteiger partial charge is 0.241 e. The van der Waals surface area contributed by atoms with Crippen molar-refractivity contribution in [2.24, 2.45) is 10.5 Å². The summed E-state index contributed by atoms with van der Waals surface area (Å²) in [6, 6.07) is 6.42. The van der Waals surface area contributed by atoms with E-state index in [0.29, 0.717) is 6.42 Å². The molecular formula is C13H14N2O. The molecule has 0 fully saturated rings. The van der Waals surface area contributed by atoms with Gasteiger partial charge in [0.15, 0.2) is 0 Å². The summed E-state index contributed by atoms with van der Waals surface area (Å²) in [7, 11) is 0. The molecule has 1 amide bonds. The lowest BCUT2D eigenvalue weighted by molar-refractivity contribution is -0.122. The van der Waals surface area contributed by atoms with Gasteiger partial charge in [-0.3, -0.25) is 4.79 Å². The lowest BCUT2D eigenvalue weighted by Crippen LogP contribution is -2.38. The first-order valence-corrected chi connectivity index (χ1v) is 5.55. The maximum Gasteiger partial charge on any atom is 0.241 e. The molecule has 0 bridgehead atoms. The lowest BCUT2D eigenvalue weighted by atomic mass is 9.81. The van der Waals surface area contributed by atoms with E-state index in [1.165, 1.54) is 16.7 Å². The van der Waals surface area contributed by atoms with Crippen LogP contribution in [-0.4, -0.2) is 11.6 Å². The van der Waals surface area contributed by atoms with E-state index in [1.807, 2.05) is 0 Å². The van der Waals surface area contributed by atoms with Crippen LogP contribution in [0.4, 0.5) is 0 Å². The highest BCUT2D eigenvalue weighted by molar-refractivity contribution is 6.11. The van der Waals surface area contributed by atoms with Crippen molar-refractivity contribution in [3.8, 4) is 0 Å². The average Bonchev–Trinajstić information content (AvgIpc) is 2.47. The van der Waals surface area contributed by atoms with E-state index in [0.717, 1.165) is 12.1 Å². The third-order valence-electron chi connectivity index (χ3n) is 3.51. The van der Waals surface area contributed by atoms with Gasteiger partial charge in [-0.15, -0.1) is 0 Å². The highest BCUT2D eigenvalue weighted by Gasteiger charge is 2.43. The quantitative estimate of drug-likeness (QED) is 0.702. The second-order valence-corrected chi connectivity index (χ2v) is 5.07. The minimum absolute atomic E-state index is 0.0239. The molecule has 3 nitrogen and oxygen atoms in total. The number of hydrogen-bond donors (Lipinski definition) is 1. The number of rotatable bonds is 0. The molecular weight excluding hydrogens is 200 g/mol. The summed E-state index contributed by atoms with van der Waals surface area (Å²) in [5.74, 6) is 0.0239. The van der Waals surface area contributed by atoms with E-state index < -0.39 is 0 Å². The van der Waals surface area contributed by atoms with Crippen molar-refractivity contribution in [1.29, 1.82) is 0 Å². The number of nitrogens with zero attached hydrogens (tertiary/aromatic N) is 1. The van der Waals surface area contributed by atoms with Gasteiger partial charge in [0.25, 0.3) is 0 Å². The van der Waals surface area contributed by atoms with Crippen LogP contribution in [-0.2, 0) is 11.2 Å². The number of nitrogens with one attached hydrogen (secondary N) is 1. The second-order valence-electron chi connectivity index (χ2n) is 5.07. The predicted octanol–water partition coefficient (Wildman–Crippen LogP) is 1.78. The molecule has 1 unspecified atom stereocenters. The standard InChI is InChI=1S/C13H14N2O/c1-8-3-4-10-9(5-8)6-13(2)7-11(16)14-15-12(10)13/h3-5H,6-7H2,1-2H3,(H,14,16). The number of aryl methyl sites for hydroxylation is 1. The maximum atomic E-state index is 11.4. The van der Waals surface area contributed by atoms with Gasteiger partial charge in [-0.05, 0) is 18.9 Å². The van der Waals surface area contributed by atoms with Gasteiger partial charge in [0.1, 0.15) is 0 Å². The summed E-state index contributed by atoms with van der Waals surface area (Å²) in [4.78, 5) is 11.4. The van der Waals surface area contributed by atoms with Crippen molar-refractivity contribution in [3.63, 3.8) is 0 Å². The van der Waals surface area contributed by atoms with Crippen LogP contribution in [0, 0.1) is 12.3 Å². The van der Waals surface area contributed by atoms with E-state index in [1.54, 1.807) is 0 Å². The van der Waals surface area contributed by atoms with Crippen LogP contribution in [0.25, 0.3) is 0 Å². The van der Waals surface area contributed by atoms with Crippen molar-refractivity contribution in [2.45, 2.75) is 26.7 Å². The molecule has 1 aromatic rings. The Kier molecular flexibility index (Phi) is 1.76. The number of hydrogen-bond acceptors (Lipinski definition) is 2. The average molecular weight is 214 g/mol. The Morgan fingerprint density at radius 3 is 3.00 bits per heavy atom. The molecule has 1 atom stereocenters. The first-order chi connectivity index (χ1) is 7.58.